The van der Waals surface area contributed by atoms with Crippen molar-refractivity contribution >= 4 is 29.1 Å². The van der Waals surface area contributed by atoms with Gasteiger partial charge in [0.05, 0.1) is 5.56 Å². The number of halogens is 5. The van der Waals surface area contributed by atoms with Gasteiger partial charge in [-0.25, -0.2) is 10.5 Å². The van der Waals surface area contributed by atoms with Crippen molar-refractivity contribution < 1.29 is 22.8 Å². The molecule has 1 amide bonds. The first-order valence-electron chi connectivity index (χ1n) is 4.10. The van der Waals surface area contributed by atoms with Crippen LogP contribution in [-0.2, 0) is 4.84 Å². The number of carbonyl (C=O) groups excluding carboxylic acids is 1. The molecule has 0 saturated carbocycles. The smallest absolute Gasteiger partial charge is 0.267 e. The number of amides is 1. The average Bonchev–Trinajstić information content (AvgIpc) is 2.15. The normalized spacial score (nSPS) is 11.4. The molecule has 1 N–H and O–H groups in total. The third kappa shape index (κ3) is 4.76. The van der Waals surface area contributed by atoms with Crippen LogP contribution >= 0.6 is 23.2 Å². The third-order valence-electron chi connectivity index (χ3n) is 1.46. The molecule has 0 bridgehead atoms. The van der Waals surface area contributed by atoms with Crippen molar-refractivity contribution in [1.82, 2.24) is 10.5 Å². The van der Waals surface area contributed by atoms with Crippen LogP contribution < -0.4 is 5.48 Å². The van der Waals surface area contributed by atoms with Crippen LogP contribution in [0.15, 0.2) is 12.1 Å². The first-order chi connectivity index (χ1) is 7.79. The quantitative estimate of drug-likeness (QED) is 0.687. The van der Waals surface area contributed by atoms with Crippen molar-refractivity contribution in [2.75, 3.05) is 6.61 Å². The highest BCUT2D eigenvalue weighted by Crippen LogP contribution is 2.17. The average molecular weight is 289 g/mol. The second-order valence-electron chi connectivity index (χ2n) is 2.81. The Morgan fingerprint density at radius 3 is 2.59 bits per heavy atom. The maximum atomic E-state index is 11.7. The van der Waals surface area contributed by atoms with Gasteiger partial charge in [-0.05, 0) is 12.1 Å². The lowest BCUT2D eigenvalue weighted by molar-refractivity contribution is -0.184. The minimum absolute atomic E-state index is 0.0581. The van der Waals surface area contributed by atoms with Gasteiger partial charge in [-0.2, -0.15) is 13.2 Å². The van der Waals surface area contributed by atoms with Crippen molar-refractivity contribution in [1.29, 1.82) is 0 Å². The standard InChI is InChI=1S/C8H5Cl2F3N2O2/c9-5-2-1-4(6(10)14-5)7(16)15-17-3-8(11,12)13/h1-2H,3H2,(H,15,16). The molecule has 0 saturated heterocycles. The number of hydrogen-bond donors (Lipinski definition) is 1. The van der Waals surface area contributed by atoms with E-state index in [2.05, 4.69) is 9.82 Å². The summed E-state index contributed by atoms with van der Waals surface area (Å²) in [5, 5.41) is -0.173. The van der Waals surface area contributed by atoms with Crippen LogP contribution in [0, 0.1) is 0 Å². The molecule has 0 atom stereocenters. The predicted octanol–water partition coefficient (Wildman–Crippen LogP) is 2.61. The zero-order chi connectivity index (χ0) is 13.1. The SMILES string of the molecule is O=C(NOCC(F)(F)F)c1ccc(Cl)nc1Cl. The van der Waals surface area contributed by atoms with Crippen LogP contribution in [0.5, 0.6) is 0 Å². The van der Waals surface area contributed by atoms with Gasteiger partial charge in [-0.15, -0.1) is 0 Å². The molecule has 9 heteroatoms. The summed E-state index contributed by atoms with van der Waals surface area (Å²) in [6.07, 6.45) is -4.53. The molecular formula is C8H5Cl2F3N2O2. The van der Waals surface area contributed by atoms with E-state index in [1.165, 1.54) is 12.1 Å². The Hall–Kier alpha value is -1.05. The number of aromatic nitrogens is 1. The summed E-state index contributed by atoms with van der Waals surface area (Å²) in [5.74, 6) is -0.941. The Morgan fingerprint density at radius 2 is 2.06 bits per heavy atom. The number of carbonyl (C=O) groups is 1. The summed E-state index contributed by atoms with van der Waals surface area (Å²) < 4.78 is 35.1. The number of nitrogens with one attached hydrogen (secondary N) is 1. The van der Waals surface area contributed by atoms with Crippen LogP contribution in [0.4, 0.5) is 13.2 Å². The minimum atomic E-state index is -4.53. The van der Waals surface area contributed by atoms with Gasteiger partial charge in [0.1, 0.15) is 10.3 Å². The molecular weight excluding hydrogens is 284 g/mol. The van der Waals surface area contributed by atoms with Gasteiger partial charge in [0.25, 0.3) is 5.91 Å². The Bertz CT molecular complexity index is 426. The third-order valence-corrected chi connectivity index (χ3v) is 1.96. The van der Waals surface area contributed by atoms with E-state index >= 15 is 0 Å². The molecule has 0 aliphatic carbocycles. The van der Waals surface area contributed by atoms with Gasteiger partial charge < -0.3 is 0 Å². The molecule has 0 unspecified atom stereocenters. The summed E-state index contributed by atoms with van der Waals surface area (Å²) in [5.41, 5.74) is 1.45. The zero-order valence-corrected chi connectivity index (χ0v) is 9.53. The molecule has 1 aromatic rings. The summed E-state index contributed by atoms with van der Waals surface area (Å²) in [7, 11) is 0. The van der Waals surface area contributed by atoms with Crippen molar-refractivity contribution in [3.05, 3.63) is 28.0 Å². The van der Waals surface area contributed by atoms with Crippen LogP contribution in [0.2, 0.25) is 10.3 Å². The number of hydroxylamine groups is 1. The van der Waals surface area contributed by atoms with E-state index < -0.39 is 18.7 Å². The second kappa shape index (κ2) is 5.52. The fourth-order valence-electron chi connectivity index (χ4n) is 0.820. The number of rotatable bonds is 3. The highest BCUT2D eigenvalue weighted by Gasteiger charge is 2.28. The number of alkyl halides is 3. The van der Waals surface area contributed by atoms with E-state index in [9.17, 15) is 18.0 Å². The van der Waals surface area contributed by atoms with E-state index in [-0.39, 0.29) is 15.9 Å². The second-order valence-corrected chi connectivity index (χ2v) is 3.55. The van der Waals surface area contributed by atoms with Crippen molar-refractivity contribution in [3.8, 4) is 0 Å². The van der Waals surface area contributed by atoms with Gasteiger partial charge in [0.15, 0.2) is 6.61 Å². The Kier molecular flexibility index (Phi) is 4.55. The molecule has 0 radical (unpaired) electrons. The van der Waals surface area contributed by atoms with Crippen molar-refractivity contribution in [2.45, 2.75) is 6.18 Å². The Balaban J connectivity index is 2.59. The number of hydrogen-bond acceptors (Lipinski definition) is 3. The summed E-state index contributed by atoms with van der Waals surface area (Å²) in [6, 6.07) is 2.48. The maximum Gasteiger partial charge on any atom is 0.414 e. The van der Waals surface area contributed by atoms with Crippen molar-refractivity contribution in [3.63, 3.8) is 0 Å². The molecule has 0 aliphatic rings. The van der Waals surface area contributed by atoms with Crippen molar-refractivity contribution in [2.24, 2.45) is 0 Å². The zero-order valence-electron chi connectivity index (χ0n) is 8.02. The van der Waals surface area contributed by atoms with Crippen LogP contribution in [0.3, 0.4) is 0 Å². The Morgan fingerprint density at radius 1 is 1.41 bits per heavy atom. The number of pyridine rings is 1. The summed E-state index contributed by atoms with van der Waals surface area (Å²) in [6.45, 7) is -1.60. The van der Waals surface area contributed by atoms with Crippen LogP contribution in [0.25, 0.3) is 0 Å². The van der Waals surface area contributed by atoms with Gasteiger partial charge in [-0.1, -0.05) is 23.2 Å². The lowest BCUT2D eigenvalue weighted by atomic mass is 10.3. The molecule has 0 fully saturated rings. The van der Waals surface area contributed by atoms with Crippen LogP contribution in [-0.4, -0.2) is 23.7 Å². The fourth-order valence-corrected chi connectivity index (χ4v) is 1.25. The van der Waals surface area contributed by atoms with Crippen LogP contribution in [0.1, 0.15) is 10.4 Å². The first-order valence-corrected chi connectivity index (χ1v) is 4.86. The summed E-state index contributed by atoms with van der Waals surface area (Å²) in [4.78, 5) is 18.8. The molecule has 94 valence electrons. The molecule has 1 heterocycles. The summed E-state index contributed by atoms with van der Waals surface area (Å²) >= 11 is 11.0. The molecule has 1 aromatic heterocycles. The highest BCUT2D eigenvalue weighted by atomic mass is 35.5. The van der Waals surface area contributed by atoms with Gasteiger partial charge >= 0.3 is 6.18 Å². The first kappa shape index (κ1) is 14.0. The van der Waals surface area contributed by atoms with Gasteiger partial charge in [0, 0.05) is 0 Å². The predicted molar refractivity (Wildman–Crippen MR) is 53.7 cm³/mol. The fraction of sp³-hybridized carbons (Fsp3) is 0.250. The molecule has 0 spiro atoms. The maximum absolute atomic E-state index is 11.7. The molecule has 4 nitrogen and oxygen atoms in total. The largest absolute Gasteiger partial charge is 0.414 e. The Labute approximate surface area is 104 Å². The molecule has 0 aromatic carbocycles. The monoisotopic (exact) mass is 288 g/mol. The molecule has 17 heavy (non-hydrogen) atoms. The van der Waals surface area contributed by atoms with Gasteiger partial charge in [0.2, 0.25) is 0 Å². The minimum Gasteiger partial charge on any atom is -0.267 e. The molecule has 0 aliphatic heterocycles. The lowest BCUT2D eigenvalue weighted by Crippen LogP contribution is -2.29. The highest BCUT2D eigenvalue weighted by molar-refractivity contribution is 6.34. The van der Waals surface area contributed by atoms with Gasteiger partial charge in [-0.3, -0.25) is 9.63 Å². The lowest BCUT2D eigenvalue weighted by Gasteiger charge is -2.08. The van der Waals surface area contributed by atoms with E-state index in [0.717, 1.165) is 0 Å². The number of nitrogens with zero attached hydrogens (tertiary/aromatic N) is 1. The topological polar surface area (TPSA) is 51.2 Å². The van der Waals surface area contributed by atoms with E-state index in [4.69, 9.17) is 23.2 Å². The van der Waals surface area contributed by atoms with E-state index in [1.54, 1.807) is 5.48 Å². The molecule has 1 rings (SSSR count). The van der Waals surface area contributed by atoms with E-state index in [1.807, 2.05) is 0 Å². The van der Waals surface area contributed by atoms with E-state index in [0.29, 0.717) is 0 Å².